The van der Waals surface area contributed by atoms with Crippen LogP contribution in [0, 0.1) is 5.82 Å². The summed E-state index contributed by atoms with van der Waals surface area (Å²) in [5.74, 6) is -0.394. The second kappa shape index (κ2) is 7.73. The van der Waals surface area contributed by atoms with Gasteiger partial charge >= 0.3 is 0 Å². The summed E-state index contributed by atoms with van der Waals surface area (Å²) >= 11 is 0. The molecule has 1 aromatic rings. The Morgan fingerprint density at radius 2 is 2.10 bits per heavy atom. The topological polar surface area (TPSA) is 66.6 Å². The molecule has 0 saturated carbocycles. The maximum Gasteiger partial charge on any atom is 0.239 e. The van der Waals surface area contributed by atoms with Gasteiger partial charge in [0, 0.05) is 12.6 Å². The molecule has 0 spiro atoms. The number of amides is 1. The monoisotopic (exact) mass is 316 g/mol. The number of hydrogen-bond acceptors (Lipinski definition) is 3. The number of likely N-dealkylation sites (tertiary alicyclic amines) is 1. The standard InChI is InChI=1S/C15H21FN2O2.ClH/c1-10(17)15(20)18-8-2-3-13(18)9-14(19)11-4-6-12(16)7-5-11;/h4-7,10,13-14,19H,2-3,8-9,17H2,1H3;1H. The summed E-state index contributed by atoms with van der Waals surface area (Å²) in [5.41, 5.74) is 6.31. The van der Waals surface area contributed by atoms with E-state index in [2.05, 4.69) is 0 Å². The Morgan fingerprint density at radius 3 is 2.67 bits per heavy atom. The lowest BCUT2D eigenvalue weighted by atomic mass is 10.00. The largest absolute Gasteiger partial charge is 0.388 e. The molecule has 0 bridgehead atoms. The van der Waals surface area contributed by atoms with Crippen molar-refractivity contribution < 1.29 is 14.3 Å². The minimum atomic E-state index is -0.693. The second-order valence-corrected chi connectivity index (χ2v) is 5.42. The fourth-order valence-electron chi connectivity index (χ4n) is 2.71. The van der Waals surface area contributed by atoms with E-state index in [1.807, 2.05) is 0 Å². The first-order chi connectivity index (χ1) is 9.49. The quantitative estimate of drug-likeness (QED) is 0.893. The van der Waals surface area contributed by atoms with Crippen molar-refractivity contribution in [1.82, 2.24) is 4.90 Å². The third kappa shape index (κ3) is 4.40. The minimum absolute atomic E-state index is 0. The Bertz CT molecular complexity index is 467. The molecule has 1 amide bonds. The average molecular weight is 317 g/mol. The van der Waals surface area contributed by atoms with Crippen molar-refractivity contribution >= 4 is 18.3 Å². The van der Waals surface area contributed by atoms with Gasteiger partial charge < -0.3 is 15.7 Å². The highest BCUT2D eigenvalue weighted by Gasteiger charge is 2.31. The van der Waals surface area contributed by atoms with Gasteiger partial charge in [-0.1, -0.05) is 12.1 Å². The number of carbonyl (C=O) groups is 1. The molecule has 118 valence electrons. The van der Waals surface area contributed by atoms with Crippen LogP contribution in [0.1, 0.15) is 37.9 Å². The molecule has 0 aromatic heterocycles. The van der Waals surface area contributed by atoms with Crippen LogP contribution in [-0.2, 0) is 4.79 Å². The minimum Gasteiger partial charge on any atom is -0.388 e. The highest BCUT2D eigenvalue weighted by atomic mass is 35.5. The van der Waals surface area contributed by atoms with Crippen molar-refractivity contribution in [3.63, 3.8) is 0 Å². The number of hydrogen-bond donors (Lipinski definition) is 2. The van der Waals surface area contributed by atoms with Crippen molar-refractivity contribution in [2.75, 3.05) is 6.54 Å². The third-order valence-electron chi connectivity index (χ3n) is 3.80. The fourth-order valence-corrected chi connectivity index (χ4v) is 2.71. The zero-order chi connectivity index (χ0) is 14.7. The molecule has 1 aliphatic heterocycles. The first-order valence-corrected chi connectivity index (χ1v) is 6.98. The van der Waals surface area contributed by atoms with Gasteiger partial charge in [-0.25, -0.2) is 4.39 Å². The van der Waals surface area contributed by atoms with Gasteiger partial charge in [-0.05, 0) is 43.9 Å². The van der Waals surface area contributed by atoms with Crippen LogP contribution in [0.5, 0.6) is 0 Å². The number of aliphatic hydroxyl groups is 1. The summed E-state index contributed by atoms with van der Waals surface area (Å²) < 4.78 is 12.9. The Hall–Kier alpha value is -1.17. The highest BCUT2D eigenvalue weighted by molar-refractivity contribution is 5.85. The van der Waals surface area contributed by atoms with Gasteiger partial charge in [0.15, 0.2) is 0 Å². The molecule has 3 unspecified atom stereocenters. The van der Waals surface area contributed by atoms with E-state index in [1.165, 1.54) is 12.1 Å². The first-order valence-electron chi connectivity index (χ1n) is 6.98. The van der Waals surface area contributed by atoms with E-state index in [0.29, 0.717) is 18.5 Å². The molecule has 21 heavy (non-hydrogen) atoms. The second-order valence-electron chi connectivity index (χ2n) is 5.42. The number of halogens is 2. The average Bonchev–Trinajstić information content (AvgIpc) is 2.86. The molecule has 0 aliphatic carbocycles. The molecule has 3 atom stereocenters. The highest BCUT2D eigenvalue weighted by Crippen LogP contribution is 2.27. The van der Waals surface area contributed by atoms with E-state index in [0.717, 1.165) is 12.8 Å². The summed E-state index contributed by atoms with van der Waals surface area (Å²) in [6.45, 7) is 2.37. The van der Waals surface area contributed by atoms with Gasteiger partial charge in [-0.15, -0.1) is 12.4 Å². The fraction of sp³-hybridized carbons (Fsp3) is 0.533. The van der Waals surface area contributed by atoms with Crippen LogP contribution in [0.4, 0.5) is 4.39 Å². The third-order valence-corrected chi connectivity index (χ3v) is 3.80. The summed E-state index contributed by atoms with van der Waals surface area (Å²) in [6.07, 6.45) is 1.57. The lowest BCUT2D eigenvalue weighted by molar-refractivity contribution is -0.133. The number of nitrogens with two attached hydrogens (primary N) is 1. The Morgan fingerprint density at radius 1 is 1.48 bits per heavy atom. The van der Waals surface area contributed by atoms with Crippen LogP contribution < -0.4 is 5.73 Å². The maximum absolute atomic E-state index is 12.9. The zero-order valence-electron chi connectivity index (χ0n) is 12.0. The molecule has 2 rings (SSSR count). The van der Waals surface area contributed by atoms with E-state index in [4.69, 9.17) is 5.73 Å². The molecule has 1 fully saturated rings. The predicted molar refractivity (Wildman–Crippen MR) is 81.6 cm³/mol. The van der Waals surface area contributed by atoms with Crippen LogP contribution in [0.15, 0.2) is 24.3 Å². The maximum atomic E-state index is 12.9. The van der Waals surface area contributed by atoms with Gasteiger partial charge in [0.05, 0.1) is 12.1 Å². The number of benzene rings is 1. The summed E-state index contributed by atoms with van der Waals surface area (Å²) in [7, 11) is 0. The van der Waals surface area contributed by atoms with Crippen LogP contribution in [0.3, 0.4) is 0 Å². The van der Waals surface area contributed by atoms with Crippen molar-refractivity contribution in [3.05, 3.63) is 35.6 Å². The lowest BCUT2D eigenvalue weighted by Gasteiger charge is -2.28. The normalized spacial score (nSPS) is 20.8. The number of nitrogens with zero attached hydrogens (tertiary/aromatic N) is 1. The first kappa shape index (κ1) is 17.9. The van der Waals surface area contributed by atoms with Crippen molar-refractivity contribution in [3.8, 4) is 0 Å². The predicted octanol–water partition coefficient (Wildman–Crippen LogP) is 2.01. The van der Waals surface area contributed by atoms with E-state index < -0.39 is 12.1 Å². The Balaban J connectivity index is 0.00000220. The number of rotatable bonds is 4. The van der Waals surface area contributed by atoms with Crippen LogP contribution in [0.25, 0.3) is 0 Å². The Kier molecular flexibility index (Phi) is 6.58. The number of carbonyl (C=O) groups excluding carboxylic acids is 1. The van der Waals surface area contributed by atoms with Gasteiger partial charge in [-0.3, -0.25) is 4.79 Å². The zero-order valence-corrected chi connectivity index (χ0v) is 12.9. The SMILES string of the molecule is CC(N)C(=O)N1CCCC1CC(O)c1ccc(F)cc1.Cl. The van der Waals surface area contributed by atoms with Gasteiger partial charge in [0.25, 0.3) is 0 Å². The van der Waals surface area contributed by atoms with E-state index in [-0.39, 0.29) is 30.2 Å². The molecule has 0 radical (unpaired) electrons. The van der Waals surface area contributed by atoms with E-state index in [1.54, 1.807) is 24.0 Å². The summed E-state index contributed by atoms with van der Waals surface area (Å²) in [6, 6.07) is 5.31. The van der Waals surface area contributed by atoms with Gasteiger partial charge in [0.2, 0.25) is 5.91 Å². The number of aliphatic hydroxyl groups excluding tert-OH is 1. The van der Waals surface area contributed by atoms with Gasteiger partial charge in [0.1, 0.15) is 5.82 Å². The van der Waals surface area contributed by atoms with E-state index in [9.17, 15) is 14.3 Å². The molecule has 1 aliphatic rings. The van der Waals surface area contributed by atoms with Crippen molar-refractivity contribution in [1.29, 1.82) is 0 Å². The van der Waals surface area contributed by atoms with Crippen molar-refractivity contribution in [2.24, 2.45) is 5.73 Å². The molecule has 1 heterocycles. The van der Waals surface area contributed by atoms with Crippen LogP contribution >= 0.6 is 12.4 Å². The Labute approximate surface area is 130 Å². The van der Waals surface area contributed by atoms with Gasteiger partial charge in [-0.2, -0.15) is 0 Å². The van der Waals surface area contributed by atoms with E-state index >= 15 is 0 Å². The smallest absolute Gasteiger partial charge is 0.239 e. The molecule has 3 N–H and O–H groups in total. The molecular formula is C15H22ClFN2O2. The summed E-state index contributed by atoms with van der Waals surface area (Å²) in [4.78, 5) is 13.7. The van der Waals surface area contributed by atoms with Crippen LogP contribution in [0.2, 0.25) is 0 Å². The summed E-state index contributed by atoms with van der Waals surface area (Å²) in [5, 5.41) is 10.2. The van der Waals surface area contributed by atoms with Crippen LogP contribution in [-0.4, -0.2) is 34.5 Å². The molecule has 1 saturated heterocycles. The molecule has 6 heteroatoms. The van der Waals surface area contributed by atoms with Crippen molar-refractivity contribution in [2.45, 2.75) is 44.4 Å². The molecule has 4 nitrogen and oxygen atoms in total. The molecule has 1 aromatic carbocycles. The lowest BCUT2D eigenvalue weighted by Crippen LogP contribution is -2.44. The molecular weight excluding hydrogens is 295 g/mol.